The number of amides is 1. The minimum Gasteiger partial charge on any atom is -0.366 e. The summed E-state index contributed by atoms with van der Waals surface area (Å²) in [6.07, 6.45) is -4.88. The maximum atomic E-state index is 13.1. The second-order valence-corrected chi connectivity index (χ2v) is 6.07. The first-order valence-corrected chi connectivity index (χ1v) is 7.62. The van der Waals surface area contributed by atoms with Gasteiger partial charge in [0.2, 0.25) is 15.9 Å². The predicted octanol–water partition coefficient (Wildman–Crippen LogP) is 1.92. The number of hydrogen-bond acceptors (Lipinski definition) is 3. The molecule has 0 aliphatic heterocycles. The molecule has 0 saturated carbocycles. The Bertz CT molecular complexity index is 877. The van der Waals surface area contributed by atoms with Gasteiger partial charge in [0.05, 0.1) is 16.0 Å². The highest BCUT2D eigenvalue weighted by Gasteiger charge is 2.36. The van der Waals surface area contributed by atoms with Gasteiger partial charge in [-0.3, -0.25) is 4.79 Å². The topological polar surface area (TPSA) is 103 Å². The van der Waals surface area contributed by atoms with Gasteiger partial charge in [0.15, 0.2) is 0 Å². The van der Waals surface area contributed by atoms with Gasteiger partial charge in [-0.05, 0) is 17.7 Å². The quantitative estimate of drug-likeness (QED) is 0.890. The summed E-state index contributed by atoms with van der Waals surface area (Å²) < 4.78 is 62.4. The highest BCUT2D eigenvalue weighted by molar-refractivity contribution is 7.89. The zero-order valence-corrected chi connectivity index (χ0v) is 12.2. The molecule has 5 nitrogen and oxygen atoms in total. The first kappa shape index (κ1) is 17.0. The van der Waals surface area contributed by atoms with Crippen LogP contribution in [-0.4, -0.2) is 14.3 Å². The normalized spacial score (nSPS) is 12.2. The lowest BCUT2D eigenvalue weighted by Gasteiger charge is -2.16. The first-order chi connectivity index (χ1) is 10.5. The van der Waals surface area contributed by atoms with Crippen LogP contribution in [0.15, 0.2) is 41.3 Å². The molecule has 0 aliphatic rings. The van der Waals surface area contributed by atoms with Crippen molar-refractivity contribution in [3.05, 3.63) is 53.6 Å². The molecule has 0 spiro atoms. The second kappa shape index (κ2) is 5.67. The Morgan fingerprint density at radius 1 is 1.09 bits per heavy atom. The molecule has 9 heteroatoms. The van der Waals surface area contributed by atoms with Gasteiger partial charge in [0.1, 0.15) is 0 Å². The summed E-state index contributed by atoms with van der Waals surface area (Å²) in [5, 5.41) is 5.07. The van der Waals surface area contributed by atoms with E-state index in [0.717, 1.165) is 18.2 Å². The SMILES string of the molecule is NC(=O)c1c(C(F)(F)F)[c]ccc1-c1ccccc1S(N)(=O)=O. The lowest BCUT2D eigenvalue weighted by atomic mass is 9.94. The van der Waals surface area contributed by atoms with Crippen LogP contribution in [0.2, 0.25) is 0 Å². The number of benzene rings is 2. The number of primary sulfonamides is 1. The molecule has 121 valence electrons. The number of primary amides is 1. The van der Waals surface area contributed by atoms with E-state index in [2.05, 4.69) is 0 Å². The maximum Gasteiger partial charge on any atom is 0.417 e. The van der Waals surface area contributed by atoms with Crippen LogP contribution in [-0.2, 0) is 16.2 Å². The molecule has 0 heterocycles. The van der Waals surface area contributed by atoms with Gasteiger partial charge in [-0.1, -0.05) is 30.3 Å². The average Bonchev–Trinajstić information content (AvgIpc) is 2.44. The summed E-state index contributed by atoms with van der Waals surface area (Å²) in [6.45, 7) is 0. The van der Waals surface area contributed by atoms with Crippen LogP contribution in [0.4, 0.5) is 13.2 Å². The van der Waals surface area contributed by atoms with Crippen molar-refractivity contribution in [1.29, 1.82) is 0 Å². The van der Waals surface area contributed by atoms with Crippen LogP contribution >= 0.6 is 0 Å². The van der Waals surface area contributed by atoms with Crippen molar-refractivity contribution in [2.75, 3.05) is 0 Å². The number of carbonyl (C=O) groups excluding carboxylic acids is 1. The third-order valence-electron chi connectivity index (χ3n) is 3.01. The van der Waals surface area contributed by atoms with E-state index in [0.29, 0.717) is 0 Å². The summed E-state index contributed by atoms with van der Waals surface area (Å²) in [5.74, 6) is -1.35. The van der Waals surface area contributed by atoms with Gasteiger partial charge < -0.3 is 5.73 Å². The van der Waals surface area contributed by atoms with Gasteiger partial charge in [0.25, 0.3) is 0 Å². The number of alkyl halides is 3. The van der Waals surface area contributed by atoms with E-state index in [1.165, 1.54) is 18.2 Å². The minimum absolute atomic E-state index is 0.150. The van der Waals surface area contributed by atoms with Crippen molar-refractivity contribution >= 4 is 15.9 Å². The fraction of sp³-hybridized carbons (Fsp3) is 0.0714. The number of sulfonamides is 1. The molecule has 0 fully saturated rings. The Morgan fingerprint density at radius 3 is 2.22 bits per heavy atom. The van der Waals surface area contributed by atoms with E-state index < -0.39 is 38.1 Å². The maximum absolute atomic E-state index is 13.1. The molecule has 23 heavy (non-hydrogen) atoms. The third-order valence-corrected chi connectivity index (χ3v) is 3.98. The zero-order chi connectivity index (χ0) is 17.4. The molecule has 2 aromatic rings. The van der Waals surface area contributed by atoms with E-state index >= 15 is 0 Å². The number of hydrogen-bond donors (Lipinski definition) is 2. The fourth-order valence-electron chi connectivity index (χ4n) is 2.14. The molecule has 0 atom stereocenters. The summed E-state index contributed by atoms with van der Waals surface area (Å²) in [7, 11) is -4.22. The van der Waals surface area contributed by atoms with Gasteiger partial charge in [-0.2, -0.15) is 13.2 Å². The summed E-state index contributed by atoms with van der Waals surface area (Å²) in [5.41, 5.74) is 2.40. The smallest absolute Gasteiger partial charge is 0.366 e. The number of carbonyl (C=O) groups is 1. The number of nitrogens with two attached hydrogens (primary N) is 2. The van der Waals surface area contributed by atoms with Crippen LogP contribution in [0, 0.1) is 6.07 Å². The van der Waals surface area contributed by atoms with Gasteiger partial charge in [-0.15, -0.1) is 0 Å². The molecule has 2 aromatic carbocycles. The molecule has 2 rings (SSSR count). The van der Waals surface area contributed by atoms with Crippen molar-refractivity contribution < 1.29 is 26.4 Å². The lowest BCUT2D eigenvalue weighted by molar-refractivity contribution is -0.138. The number of halogens is 3. The van der Waals surface area contributed by atoms with E-state index in [1.54, 1.807) is 0 Å². The standard InChI is InChI=1S/C14H10F3N2O3S/c15-14(16,17)10-6-3-5-9(12(10)13(18)20)8-4-1-2-7-11(8)23(19,21)22/h1-5,7H,(H2,18,20)(H2,19,21,22). The molecule has 1 amide bonds. The van der Waals surface area contributed by atoms with Crippen LogP contribution in [0.5, 0.6) is 0 Å². The third kappa shape index (κ3) is 3.35. The van der Waals surface area contributed by atoms with Gasteiger partial charge >= 0.3 is 6.18 Å². The molecular weight excluding hydrogens is 333 g/mol. The Kier molecular flexibility index (Phi) is 4.18. The molecule has 0 aliphatic carbocycles. The highest BCUT2D eigenvalue weighted by Crippen LogP contribution is 2.37. The van der Waals surface area contributed by atoms with Gasteiger partial charge in [-0.25, -0.2) is 13.6 Å². The van der Waals surface area contributed by atoms with E-state index in [-0.39, 0.29) is 11.1 Å². The Balaban J connectivity index is 2.89. The average molecular weight is 343 g/mol. The van der Waals surface area contributed by atoms with Crippen molar-refractivity contribution in [2.24, 2.45) is 10.9 Å². The highest BCUT2D eigenvalue weighted by atomic mass is 32.2. The Hall–Kier alpha value is -2.39. The molecule has 1 radical (unpaired) electrons. The van der Waals surface area contributed by atoms with E-state index in [9.17, 15) is 26.4 Å². The number of rotatable bonds is 3. The first-order valence-electron chi connectivity index (χ1n) is 6.07. The van der Waals surface area contributed by atoms with Crippen LogP contribution in [0.1, 0.15) is 15.9 Å². The summed E-state index contributed by atoms with van der Waals surface area (Å²) in [4.78, 5) is 11.1. The summed E-state index contributed by atoms with van der Waals surface area (Å²) >= 11 is 0. The summed E-state index contributed by atoms with van der Waals surface area (Å²) in [6, 6.07) is 9.10. The zero-order valence-electron chi connectivity index (χ0n) is 11.4. The Morgan fingerprint density at radius 2 is 1.70 bits per heavy atom. The molecule has 0 unspecified atom stereocenters. The monoisotopic (exact) mass is 343 g/mol. The van der Waals surface area contributed by atoms with Crippen LogP contribution in [0.25, 0.3) is 11.1 Å². The molecule has 0 saturated heterocycles. The molecule has 0 bridgehead atoms. The predicted molar refractivity (Wildman–Crippen MR) is 75.6 cm³/mol. The molecule has 4 N–H and O–H groups in total. The van der Waals surface area contributed by atoms with Gasteiger partial charge in [0, 0.05) is 5.56 Å². The van der Waals surface area contributed by atoms with Crippen LogP contribution < -0.4 is 10.9 Å². The van der Waals surface area contributed by atoms with Crippen molar-refractivity contribution in [3.8, 4) is 11.1 Å². The second-order valence-electron chi connectivity index (χ2n) is 4.54. The van der Waals surface area contributed by atoms with Crippen molar-refractivity contribution in [3.63, 3.8) is 0 Å². The fourth-order valence-corrected chi connectivity index (χ4v) is 2.89. The molecule has 0 aromatic heterocycles. The van der Waals surface area contributed by atoms with Crippen molar-refractivity contribution in [2.45, 2.75) is 11.1 Å². The van der Waals surface area contributed by atoms with Crippen molar-refractivity contribution in [1.82, 2.24) is 0 Å². The van der Waals surface area contributed by atoms with Crippen LogP contribution in [0.3, 0.4) is 0 Å². The van der Waals surface area contributed by atoms with E-state index in [1.807, 2.05) is 6.07 Å². The Labute approximate surface area is 129 Å². The van der Waals surface area contributed by atoms with E-state index in [4.69, 9.17) is 10.9 Å². The largest absolute Gasteiger partial charge is 0.417 e. The minimum atomic E-state index is -4.88. The molecular formula is C14H10F3N2O3S. The lowest BCUT2D eigenvalue weighted by Crippen LogP contribution is -2.21.